The van der Waals surface area contributed by atoms with Gasteiger partial charge in [-0.2, -0.15) is 0 Å². The quantitative estimate of drug-likeness (QED) is 0.492. The van der Waals surface area contributed by atoms with Crippen LogP contribution in [0.3, 0.4) is 0 Å². The van der Waals surface area contributed by atoms with Gasteiger partial charge in [0.1, 0.15) is 5.82 Å². The van der Waals surface area contributed by atoms with E-state index in [9.17, 15) is 4.79 Å². The normalized spacial score (nSPS) is 11.4. The predicted molar refractivity (Wildman–Crippen MR) is 99.3 cm³/mol. The van der Waals surface area contributed by atoms with Crippen molar-refractivity contribution in [1.82, 2.24) is 19.1 Å². The highest BCUT2D eigenvalue weighted by atomic mass is 16.4. The van der Waals surface area contributed by atoms with Gasteiger partial charge >= 0.3 is 5.76 Å². The van der Waals surface area contributed by atoms with Crippen molar-refractivity contribution in [1.29, 1.82) is 0 Å². The Labute approximate surface area is 148 Å². The highest BCUT2D eigenvalue weighted by molar-refractivity contribution is 5.92. The first-order chi connectivity index (χ1) is 12.7. The first-order valence-electron chi connectivity index (χ1n) is 8.20. The maximum atomic E-state index is 11.7. The molecule has 0 aliphatic rings. The third-order valence-electron chi connectivity index (χ3n) is 4.58. The molecule has 3 aromatic heterocycles. The number of benzene rings is 2. The standard InChI is InChI=1S/C20H14N4O2/c1-23-17-7-6-13(12-18(17)26-20(23)25)24-11-10-22-19(24)15-8-9-21-16-5-3-2-4-14(15)16/h2-12H,1H3. The summed E-state index contributed by atoms with van der Waals surface area (Å²) in [5.74, 6) is 0.435. The molecular formula is C20H14N4O2. The molecule has 3 heterocycles. The van der Waals surface area contributed by atoms with E-state index < -0.39 is 0 Å². The van der Waals surface area contributed by atoms with Crippen molar-refractivity contribution in [2.24, 2.45) is 7.05 Å². The van der Waals surface area contributed by atoms with Crippen LogP contribution in [0.1, 0.15) is 0 Å². The number of fused-ring (bicyclic) bond motifs is 2. The Morgan fingerprint density at radius 2 is 1.88 bits per heavy atom. The lowest BCUT2D eigenvalue weighted by Crippen LogP contribution is -2.08. The minimum atomic E-state index is -0.372. The van der Waals surface area contributed by atoms with Crippen LogP contribution < -0.4 is 5.76 Å². The number of rotatable bonds is 2. The topological polar surface area (TPSA) is 65.8 Å². The number of aryl methyl sites for hydroxylation is 1. The zero-order valence-corrected chi connectivity index (χ0v) is 14.0. The molecule has 0 aliphatic heterocycles. The van der Waals surface area contributed by atoms with Crippen LogP contribution in [0.4, 0.5) is 0 Å². The zero-order valence-electron chi connectivity index (χ0n) is 14.0. The Morgan fingerprint density at radius 1 is 1.00 bits per heavy atom. The molecule has 2 aromatic carbocycles. The van der Waals surface area contributed by atoms with Crippen LogP contribution in [0.25, 0.3) is 39.1 Å². The number of oxazole rings is 1. The Bertz CT molecular complexity index is 1320. The summed E-state index contributed by atoms with van der Waals surface area (Å²) in [4.78, 5) is 20.7. The third-order valence-corrected chi connectivity index (χ3v) is 4.58. The summed E-state index contributed by atoms with van der Waals surface area (Å²) in [6, 6.07) is 15.6. The number of hydrogen-bond acceptors (Lipinski definition) is 4. The second-order valence-corrected chi connectivity index (χ2v) is 6.08. The summed E-state index contributed by atoms with van der Waals surface area (Å²) in [7, 11) is 1.69. The lowest BCUT2D eigenvalue weighted by atomic mass is 10.1. The van der Waals surface area contributed by atoms with Crippen LogP contribution in [0.15, 0.2) is 76.3 Å². The monoisotopic (exact) mass is 342 g/mol. The molecule has 0 amide bonds. The van der Waals surface area contributed by atoms with Gasteiger partial charge < -0.3 is 4.42 Å². The van der Waals surface area contributed by atoms with Gasteiger partial charge in [0.15, 0.2) is 5.58 Å². The van der Waals surface area contributed by atoms with Crippen molar-refractivity contribution in [3.63, 3.8) is 0 Å². The molecule has 26 heavy (non-hydrogen) atoms. The van der Waals surface area contributed by atoms with Gasteiger partial charge in [0, 0.05) is 42.7 Å². The van der Waals surface area contributed by atoms with Gasteiger partial charge in [-0.1, -0.05) is 18.2 Å². The fourth-order valence-corrected chi connectivity index (χ4v) is 3.27. The second-order valence-electron chi connectivity index (χ2n) is 6.08. The van der Waals surface area contributed by atoms with E-state index in [-0.39, 0.29) is 5.76 Å². The molecule has 0 radical (unpaired) electrons. The van der Waals surface area contributed by atoms with E-state index in [0.29, 0.717) is 5.58 Å². The summed E-state index contributed by atoms with van der Waals surface area (Å²) in [6.45, 7) is 0. The van der Waals surface area contributed by atoms with Crippen LogP contribution in [-0.2, 0) is 7.05 Å². The van der Waals surface area contributed by atoms with E-state index in [2.05, 4.69) is 9.97 Å². The number of imidazole rings is 1. The average Bonchev–Trinajstić information content (AvgIpc) is 3.26. The van der Waals surface area contributed by atoms with Crippen molar-refractivity contribution in [3.05, 3.63) is 77.7 Å². The lowest BCUT2D eigenvalue weighted by Gasteiger charge is -2.10. The van der Waals surface area contributed by atoms with E-state index in [1.54, 1.807) is 19.4 Å². The molecule has 0 aliphatic carbocycles. The largest absolute Gasteiger partial charge is 0.419 e. The Kier molecular flexibility index (Phi) is 3.05. The van der Waals surface area contributed by atoms with Crippen molar-refractivity contribution >= 4 is 22.0 Å². The molecule has 0 saturated heterocycles. The molecule has 0 saturated carbocycles. The molecule has 0 fully saturated rings. The highest BCUT2D eigenvalue weighted by Crippen LogP contribution is 2.28. The maximum Gasteiger partial charge on any atom is 0.419 e. The fourth-order valence-electron chi connectivity index (χ4n) is 3.27. The van der Waals surface area contributed by atoms with Gasteiger partial charge in [-0.25, -0.2) is 9.78 Å². The summed E-state index contributed by atoms with van der Waals surface area (Å²) in [5, 5.41) is 1.04. The Morgan fingerprint density at radius 3 is 2.81 bits per heavy atom. The molecule has 5 rings (SSSR count). The van der Waals surface area contributed by atoms with Crippen LogP contribution in [0, 0.1) is 0 Å². The van der Waals surface area contributed by atoms with Crippen molar-refractivity contribution < 1.29 is 4.42 Å². The van der Waals surface area contributed by atoms with Crippen molar-refractivity contribution in [3.8, 4) is 17.1 Å². The number of pyridine rings is 1. The highest BCUT2D eigenvalue weighted by Gasteiger charge is 2.13. The summed E-state index contributed by atoms with van der Waals surface area (Å²) in [6.07, 6.45) is 5.44. The maximum absolute atomic E-state index is 11.7. The van der Waals surface area contributed by atoms with Gasteiger partial charge in [0.2, 0.25) is 0 Å². The molecule has 0 bridgehead atoms. The zero-order chi connectivity index (χ0) is 17.7. The number of aromatic nitrogens is 4. The van der Waals surface area contributed by atoms with Crippen LogP contribution >= 0.6 is 0 Å². The van der Waals surface area contributed by atoms with Gasteiger partial charge in [-0.05, 0) is 24.3 Å². The van der Waals surface area contributed by atoms with Crippen molar-refractivity contribution in [2.45, 2.75) is 0 Å². The third kappa shape index (κ3) is 2.09. The molecule has 126 valence electrons. The first kappa shape index (κ1) is 14.7. The Hall–Kier alpha value is -3.67. The van der Waals surface area contributed by atoms with E-state index in [0.717, 1.165) is 33.5 Å². The molecule has 0 atom stereocenters. The lowest BCUT2D eigenvalue weighted by molar-refractivity contribution is 0.528. The smallest absolute Gasteiger partial charge is 0.408 e. The van der Waals surface area contributed by atoms with Crippen molar-refractivity contribution in [2.75, 3.05) is 0 Å². The minimum absolute atomic E-state index is 0.372. The summed E-state index contributed by atoms with van der Waals surface area (Å²) >= 11 is 0. The molecule has 5 aromatic rings. The van der Waals surface area contributed by atoms with Gasteiger partial charge in [0.05, 0.1) is 16.7 Å². The number of para-hydroxylation sites is 1. The number of hydrogen-bond donors (Lipinski definition) is 0. The van der Waals surface area contributed by atoms with Crippen LogP contribution in [0.5, 0.6) is 0 Å². The molecule has 0 unspecified atom stereocenters. The number of nitrogens with zero attached hydrogens (tertiary/aromatic N) is 4. The Balaban J connectivity index is 1.74. The predicted octanol–water partition coefficient (Wildman–Crippen LogP) is 3.53. The molecule has 6 heteroatoms. The van der Waals surface area contributed by atoms with E-state index in [1.165, 1.54) is 4.57 Å². The molecular weight excluding hydrogens is 328 g/mol. The van der Waals surface area contributed by atoms with E-state index >= 15 is 0 Å². The van der Waals surface area contributed by atoms with Gasteiger partial charge in [-0.3, -0.25) is 14.1 Å². The molecule has 0 N–H and O–H groups in total. The van der Waals surface area contributed by atoms with Gasteiger partial charge in [-0.15, -0.1) is 0 Å². The average molecular weight is 342 g/mol. The fraction of sp³-hybridized carbons (Fsp3) is 0.0500. The summed E-state index contributed by atoms with van der Waals surface area (Å²) in [5.41, 5.74) is 4.10. The first-order valence-corrected chi connectivity index (χ1v) is 8.20. The summed E-state index contributed by atoms with van der Waals surface area (Å²) < 4.78 is 8.79. The molecule has 6 nitrogen and oxygen atoms in total. The van der Waals surface area contributed by atoms with Gasteiger partial charge in [0.25, 0.3) is 0 Å². The minimum Gasteiger partial charge on any atom is -0.408 e. The molecule has 0 spiro atoms. The van der Waals surface area contributed by atoms with E-state index in [4.69, 9.17) is 4.42 Å². The van der Waals surface area contributed by atoms with E-state index in [1.807, 2.05) is 59.3 Å². The SMILES string of the molecule is Cn1c(=O)oc2cc(-n3ccnc3-c3ccnc4ccccc34)ccc21. The van der Waals surface area contributed by atoms with Crippen LogP contribution in [-0.4, -0.2) is 19.1 Å². The second kappa shape index (κ2) is 5.42. The van der Waals surface area contributed by atoms with Crippen LogP contribution in [0.2, 0.25) is 0 Å².